The van der Waals surface area contributed by atoms with Crippen molar-refractivity contribution < 1.29 is 24.5 Å². The molecule has 0 aliphatic carbocycles. The lowest BCUT2D eigenvalue weighted by molar-refractivity contribution is 0.0687. The van der Waals surface area contributed by atoms with E-state index in [2.05, 4.69) is 5.32 Å². The highest BCUT2D eigenvalue weighted by molar-refractivity contribution is 6.30. The summed E-state index contributed by atoms with van der Waals surface area (Å²) in [5.74, 6) is -0.697. The van der Waals surface area contributed by atoms with Crippen LogP contribution in [-0.2, 0) is 11.2 Å². The Morgan fingerprint density at radius 3 is 2.50 bits per heavy atom. The number of benzene rings is 3. The molecule has 0 aliphatic rings. The number of carboxylic acid groups (broad SMARTS) is 1. The van der Waals surface area contributed by atoms with Crippen LogP contribution < -0.4 is 10.1 Å². The van der Waals surface area contributed by atoms with E-state index in [1.165, 1.54) is 0 Å². The van der Waals surface area contributed by atoms with Crippen LogP contribution in [0.2, 0.25) is 5.02 Å². The highest BCUT2D eigenvalue weighted by Gasteiger charge is 2.13. The van der Waals surface area contributed by atoms with Crippen LogP contribution in [0.5, 0.6) is 5.75 Å². The molecule has 0 fully saturated rings. The molecule has 3 aromatic carbocycles. The molecule has 3 N–H and O–H groups in total. The fraction of sp³-hybridized carbons (Fsp3) is 0.296. The van der Waals surface area contributed by atoms with Gasteiger partial charge in [0.1, 0.15) is 17.9 Å². The Labute approximate surface area is 205 Å². The van der Waals surface area contributed by atoms with Crippen molar-refractivity contribution in [3.05, 3.63) is 88.4 Å². The Kier molecular flexibility index (Phi) is 9.91. The second kappa shape index (κ2) is 13.1. The number of aromatic carboxylic acids is 1. The molecule has 34 heavy (non-hydrogen) atoms. The number of aliphatic hydroxyl groups is 1. The average Bonchev–Trinajstić information content (AvgIpc) is 2.84. The molecule has 0 saturated carbocycles. The zero-order valence-electron chi connectivity index (χ0n) is 19.2. The van der Waals surface area contributed by atoms with Crippen molar-refractivity contribution in [3.63, 3.8) is 0 Å². The number of nitrogens with one attached hydrogen (secondary N) is 1. The average molecular weight is 484 g/mol. The molecule has 0 spiro atoms. The monoisotopic (exact) mass is 483 g/mol. The third kappa shape index (κ3) is 7.57. The molecular weight excluding hydrogens is 454 g/mol. The molecule has 6 nitrogen and oxygen atoms in total. The van der Waals surface area contributed by atoms with Crippen LogP contribution in [0.25, 0.3) is 11.1 Å². The molecule has 3 aromatic rings. The molecule has 3 rings (SSSR count). The van der Waals surface area contributed by atoms with E-state index < -0.39 is 12.1 Å². The Bertz CT molecular complexity index is 1070. The number of carboxylic acids is 1. The predicted molar refractivity (Wildman–Crippen MR) is 134 cm³/mol. The van der Waals surface area contributed by atoms with Crippen molar-refractivity contribution in [2.24, 2.45) is 0 Å². The van der Waals surface area contributed by atoms with Crippen LogP contribution >= 0.6 is 11.6 Å². The van der Waals surface area contributed by atoms with Gasteiger partial charge in [-0.25, -0.2) is 4.79 Å². The fourth-order valence-electron chi connectivity index (χ4n) is 3.52. The van der Waals surface area contributed by atoms with Gasteiger partial charge in [0.25, 0.3) is 0 Å². The first-order valence-electron chi connectivity index (χ1n) is 11.3. The largest absolute Gasteiger partial charge is 0.490 e. The fourth-order valence-corrected chi connectivity index (χ4v) is 3.72. The number of hydrogen-bond donors (Lipinski definition) is 3. The number of halogens is 1. The summed E-state index contributed by atoms with van der Waals surface area (Å²) >= 11 is 5.98. The SMILES string of the molecule is CCOCCOc1cc(-c2ccc(CCNC[C@H](O)c3cccc(Cl)c3)cc2)ccc1C(=O)O. The van der Waals surface area contributed by atoms with E-state index in [0.717, 1.165) is 35.2 Å². The molecule has 0 radical (unpaired) electrons. The van der Waals surface area contributed by atoms with Crippen LogP contribution in [0, 0.1) is 0 Å². The first-order chi connectivity index (χ1) is 16.5. The summed E-state index contributed by atoms with van der Waals surface area (Å²) in [5.41, 5.74) is 3.93. The van der Waals surface area contributed by atoms with Crippen molar-refractivity contribution >= 4 is 17.6 Å². The minimum absolute atomic E-state index is 0.128. The van der Waals surface area contributed by atoms with Crippen LogP contribution in [-0.4, -0.2) is 49.1 Å². The first kappa shape index (κ1) is 25.7. The Morgan fingerprint density at radius 1 is 1.03 bits per heavy atom. The van der Waals surface area contributed by atoms with Crippen molar-refractivity contribution in [3.8, 4) is 16.9 Å². The van der Waals surface area contributed by atoms with Gasteiger partial charge in [-0.3, -0.25) is 0 Å². The van der Waals surface area contributed by atoms with Gasteiger partial charge in [0, 0.05) is 18.2 Å². The maximum absolute atomic E-state index is 11.5. The molecule has 1 atom stereocenters. The summed E-state index contributed by atoms with van der Waals surface area (Å²) in [6, 6.07) is 20.5. The number of carbonyl (C=O) groups is 1. The van der Waals surface area contributed by atoms with Gasteiger partial charge >= 0.3 is 5.97 Å². The molecule has 0 saturated heterocycles. The van der Waals surface area contributed by atoms with E-state index in [4.69, 9.17) is 21.1 Å². The van der Waals surface area contributed by atoms with E-state index in [1.54, 1.807) is 30.3 Å². The molecule has 0 bridgehead atoms. The van der Waals surface area contributed by atoms with E-state index >= 15 is 0 Å². The van der Waals surface area contributed by atoms with Crippen LogP contribution in [0.15, 0.2) is 66.7 Å². The summed E-state index contributed by atoms with van der Waals surface area (Å²) in [5, 5.41) is 23.6. The maximum Gasteiger partial charge on any atom is 0.339 e. The lowest BCUT2D eigenvalue weighted by Crippen LogP contribution is -2.23. The molecule has 0 amide bonds. The summed E-state index contributed by atoms with van der Waals surface area (Å²) in [6.45, 7) is 4.34. The Balaban J connectivity index is 1.55. The molecule has 0 aromatic heterocycles. The van der Waals surface area contributed by atoms with Gasteiger partial charge in [0.15, 0.2) is 0 Å². The standard InChI is InChI=1S/C27H30ClNO5/c1-2-33-14-15-34-26-17-21(10-11-24(26)27(31)32)20-8-6-19(7-9-20)12-13-29-18-25(30)22-4-3-5-23(28)16-22/h3-11,16-17,25,29-30H,2,12-15,18H2,1H3,(H,31,32)/t25-/m0/s1. The van der Waals surface area contributed by atoms with E-state index in [1.807, 2.05) is 43.3 Å². The molecule has 0 heterocycles. The van der Waals surface area contributed by atoms with Gasteiger partial charge in [-0.15, -0.1) is 0 Å². The van der Waals surface area contributed by atoms with Gasteiger partial charge in [-0.05, 0) is 66.4 Å². The quantitative estimate of drug-likeness (QED) is 0.297. The van der Waals surface area contributed by atoms with E-state index in [0.29, 0.717) is 30.5 Å². The van der Waals surface area contributed by atoms with Gasteiger partial charge in [-0.1, -0.05) is 54.1 Å². The maximum atomic E-state index is 11.5. The zero-order valence-corrected chi connectivity index (χ0v) is 19.9. The predicted octanol–water partition coefficient (Wildman–Crippen LogP) is 4.99. The number of rotatable bonds is 13. The highest BCUT2D eigenvalue weighted by Crippen LogP contribution is 2.28. The lowest BCUT2D eigenvalue weighted by Gasteiger charge is -2.13. The number of aliphatic hydroxyl groups excluding tert-OH is 1. The summed E-state index contributed by atoms with van der Waals surface area (Å²) in [4.78, 5) is 11.5. The zero-order chi connectivity index (χ0) is 24.3. The minimum atomic E-state index is -1.03. The smallest absolute Gasteiger partial charge is 0.339 e. The van der Waals surface area contributed by atoms with Crippen molar-refractivity contribution in [2.75, 3.05) is 32.9 Å². The summed E-state index contributed by atoms with van der Waals surface area (Å²) in [7, 11) is 0. The van der Waals surface area contributed by atoms with Gasteiger partial charge in [0.2, 0.25) is 0 Å². The van der Waals surface area contributed by atoms with Gasteiger partial charge < -0.3 is 25.0 Å². The second-order valence-corrected chi connectivity index (χ2v) is 8.22. The Hall–Kier alpha value is -2.90. The minimum Gasteiger partial charge on any atom is -0.490 e. The highest BCUT2D eigenvalue weighted by atomic mass is 35.5. The lowest BCUT2D eigenvalue weighted by atomic mass is 10.0. The first-order valence-corrected chi connectivity index (χ1v) is 11.7. The van der Waals surface area contributed by atoms with Crippen molar-refractivity contribution in [1.29, 1.82) is 0 Å². The normalized spacial score (nSPS) is 11.9. The van der Waals surface area contributed by atoms with Crippen LogP contribution in [0.3, 0.4) is 0 Å². The number of ether oxygens (including phenoxy) is 2. The molecule has 7 heteroatoms. The Morgan fingerprint density at radius 2 is 1.79 bits per heavy atom. The van der Waals surface area contributed by atoms with Crippen molar-refractivity contribution in [2.45, 2.75) is 19.4 Å². The number of hydrogen-bond acceptors (Lipinski definition) is 5. The third-order valence-electron chi connectivity index (χ3n) is 5.35. The molecular formula is C27H30ClNO5. The van der Waals surface area contributed by atoms with Gasteiger partial charge in [0.05, 0.1) is 12.7 Å². The van der Waals surface area contributed by atoms with Crippen LogP contribution in [0.1, 0.15) is 34.5 Å². The topological polar surface area (TPSA) is 88.0 Å². The summed E-state index contributed by atoms with van der Waals surface area (Å²) in [6.07, 6.45) is 0.200. The van der Waals surface area contributed by atoms with E-state index in [9.17, 15) is 15.0 Å². The summed E-state index contributed by atoms with van der Waals surface area (Å²) < 4.78 is 10.9. The molecule has 0 aliphatic heterocycles. The molecule has 180 valence electrons. The third-order valence-corrected chi connectivity index (χ3v) is 5.59. The van der Waals surface area contributed by atoms with Crippen LogP contribution in [0.4, 0.5) is 0 Å². The second-order valence-electron chi connectivity index (χ2n) is 7.78. The van der Waals surface area contributed by atoms with Gasteiger partial charge in [-0.2, -0.15) is 0 Å². The molecule has 0 unspecified atom stereocenters. The van der Waals surface area contributed by atoms with E-state index in [-0.39, 0.29) is 12.2 Å². The van der Waals surface area contributed by atoms with Crippen molar-refractivity contribution in [1.82, 2.24) is 5.32 Å².